The smallest absolute Gasteiger partial charge is 0.208 e. The van der Waals surface area contributed by atoms with E-state index >= 15 is 0 Å². The third-order valence-electron chi connectivity index (χ3n) is 3.01. The van der Waals surface area contributed by atoms with Crippen LogP contribution in [0.25, 0.3) is 0 Å². The lowest BCUT2D eigenvalue weighted by molar-refractivity contribution is 0.266. The van der Waals surface area contributed by atoms with Crippen molar-refractivity contribution >= 4 is 10.0 Å². The van der Waals surface area contributed by atoms with Crippen LogP contribution in [-0.4, -0.2) is 39.7 Å². The predicted octanol–water partition coefficient (Wildman–Crippen LogP) is 1.54. The summed E-state index contributed by atoms with van der Waals surface area (Å²) in [5, 5.41) is 0. The van der Waals surface area contributed by atoms with Gasteiger partial charge in [0.1, 0.15) is 0 Å². The average Bonchev–Trinajstić information content (AvgIpc) is 2.26. The Bertz CT molecular complexity index is 486. The van der Waals surface area contributed by atoms with Crippen LogP contribution < -0.4 is 4.72 Å². The van der Waals surface area contributed by atoms with Gasteiger partial charge in [-0.15, -0.1) is 0 Å². The van der Waals surface area contributed by atoms with Crippen LogP contribution in [0.3, 0.4) is 0 Å². The maximum absolute atomic E-state index is 11.0. The fraction of sp³-hybridized carbons (Fsp3) is 0.538. The second-order valence-electron chi connectivity index (χ2n) is 4.74. The van der Waals surface area contributed by atoms with Gasteiger partial charge in [0.25, 0.3) is 0 Å². The summed E-state index contributed by atoms with van der Waals surface area (Å²) in [6.07, 6.45) is 1.18. The molecule has 5 heteroatoms. The number of nitrogens with one attached hydrogen (secondary N) is 1. The summed E-state index contributed by atoms with van der Waals surface area (Å²) in [5.41, 5.74) is 2.49. The van der Waals surface area contributed by atoms with E-state index in [0.717, 1.165) is 0 Å². The lowest BCUT2D eigenvalue weighted by atomic mass is 10.1. The average molecular weight is 270 g/mol. The molecule has 0 aromatic heterocycles. The van der Waals surface area contributed by atoms with Crippen molar-refractivity contribution in [1.82, 2.24) is 9.62 Å². The molecule has 0 amide bonds. The van der Waals surface area contributed by atoms with Gasteiger partial charge >= 0.3 is 0 Å². The summed E-state index contributed by atoms with van der Waals surface area (Å²) < 4.78 is 24.4. The highest BCUT2D eigenvalue weighted by Gasteiger charge is 2.11. The molecule has 0 unspecified atom stereocenters. The third-order valence-corrected chi connectivity index (χ3v) is 3.74. The fourth-order valence-electron chi connectivity index (χ4n) is 1.79. The van der Waals surface area contributed by atoms with Crippen LogP contribution in [0.15, 0.2) is 24.3 Å². The molecule has 1 aromatic rings. The van der Waals surface area contributed by atoms with Crippen molar-refractivity contribution in [2.75, 3.05) is 26.4 Å². The highest BCUT2D eigenvalue weighted by atomic mass is 32.2. The number of hydrogen-bond donors (Lipinski definition) is 1. The lowest BCUT2D eigenvalue weighted by Crippen LogP contribution is -2.33. The van der Waals surface area contributed by atoms with Crippen LogP contribution in [0.4, 0.5) is 0 Å². The van der Waals surface area contributed by atoms with E-state index in [2.05, 4.69) is 41.7 Å². The summed E-state index contributed by atoms with van der Waals surface area (Å²) in [5.74, 6) is 0. The molecule has 4 nitrogen and oxygen atoms in total. The quantitative estimate of drug-likeness (QED) is 0.853. The van der Waals surface area contributed by atoms with Gasteiger partial charge in [-0.1, -0.05) is 29.8 Å². The largest absolute Gasteiger partial charge is 0.298 e. The van der Waals surface area contributed by atoms with Crippen molar-refractivity contribution < 1.29 is 8.42 Å². The van der Waals surface area contributed by atoms with Crippen molar-refractivity contribution in [2.45, 2.75) is 19.9 Å². The molecule has 1 atom stereocenters. The molecule has 0 heterocycles. The molecule has 0 aliphatic heterocycles. The Kier molecular flexibility index (Phi) is 5.31. The Morgan fingerprint density at radius 1 is 1.39 bits per heavy atom. The van der Waals surface area contributed by atoms with Crippen molar-refractivity contribution in [2.24, 2.45) is 0 Å². The zero-order valence-corrected chi connectivity index (χ0v) is 12.3. The van der Waals surface area contributed by atoms with Crippen molar-refractivity contribution in [1.29, 1.82) is 0 Å². The number of rotatable bonds is 6. The Hall–Kier alpha value is -0.910. The topological polar surface area (TPSA) is 49.4 Å². The minimum Gasteiger partial charge on any atom is -0.298 e. The number of hydrogen-bond acceptors (Lipinski definition) is 3. The van der Waals surface area contributed by atoms with E-state index in [0.29, 0.717) is 13.1 Å². The Labute approximate surface area is 110 Å². The SMILES string of the molecule is Cc1cccc([C@H](C)N(C)CCNS(C)(=O)=O)c1. The Morgan fingerprint density at radius 3 is 2.61 bits per heavy atom. The number of nitrogens with zero attached hydrogens (tertiary/aromatic N) is 1. The molecular formula is C13H22N2O2S. The van der Waals surface area contributed by atoms with Crippen LogP contribution in [0.2, 0.25) is 0 Å². The molecule has 0 aliphatic carbocycles. The maximum atomic E-state index is 11.0. The van der Waals surface area contributed by atoms with Gasteiger partial charge in [0.2, 0.25) is 10.0 Å². The second-order valence-corrected chi connectivity index (χ2v) is 6.57. The molecule has 18 heavy (non-hydrogen) atoms. The Morgan fingerprint density at radius 2 is 2.06 bits per heavy atom. The van der Waals surface area contributed by atoms with Gasteiger partial charge in [-0.3, -0.25) is 4.90 Å². The fourth-order valence-corrected chi connectivity index (χ4v) is 2.25. The van der Waals surface area contributed by atoms with Gasteiger partial charge < -0.3 is 0 Å². The monoisotopic (exact) mass is 270 g/mol. The molecule has 1 N–H and O–H groups in total. The first-order valence-corrected chi connectivity index (χ1v) is 7.90. The van der Waals surface area contributed by atoms with Gasteiger partial charge in [0.05, 0.1) is 6.26 Å². The minimum absolute atomic E-state index is 0.270. The maximum Gasteiger partial charge on any atom is 0.208 e. The summed E-state index contributed by atoms with van der Waals surface area (Å²) in [7, 11) is -1.10. The number of sulfonamides is 1. The zero-order valence-electron chi connectivity index (χ0n) is 11.5. The van der Waals surface area contributed by atoms with Crippen LogP contribution in [0.5, 0.6) is 0 Å². The minimum atomic E-state index is -3.09. The van der Waals surface area contributed by atoms with Crippen LogP contribution in [0, 0.1) is 6.92 Å². The normalized spacial score (nSPS) is 13.8. The first kappa shape index (κ1) is 15.1. The van der Waals surface area contributed by atoms with Crippen molar-refractivity contribution in [3.8, 4) is 0 Å². The summed E-state index contributed by atoms with van der Waals surface area (Å²) in [6.45, 7) is 5.31. The summed E-state index contributed by atoms with van der Waals surface area (Å²) >= 11 is 0. The predicted molar refractivity (Wildman–Crippen MR) is 75.1 cm³/mol. The molecule has 1 aromatic carbocycles. The first-order chi connectivity index (χ1) is 8.29. The molecule has 0 radical (unpaired) electrons. The molecule has 0 spiro atoms. The molecule has 0 fully saturated rings. The van der Waals surface area contributed by atoms with E-state index in [4.69, 9.17) is 0 Å². The summed E-state index contributed by atoms with van der Waals surface area (Å²) in [4.78, 5) is 2.13. The van der Waals surface area contributed by atoms with E-state index in [1.165, 1.54) is 17.4 Å². The van der Waals surface area contributed by atoms with Gasteiger partial charge in [-0.25, -0.2) is 13.1 Å². The zero-order chi connectivity index (χ0) is 13.8. The molecule has 102 valence electrons. The molecule has 0 bridgehead atoms. The van der Waals surface area contributed by atoms with E-state index in [-0.39, 0.29) is 6.04 Å². The molecular weight excluding hydrogens is 248 g/mol. The third kappa shape index (κ3) is 5.16. The Balaban J connectivity index is 2.54. The standard InChI is InChI=1S/C13H22N2O2S/c1-11-6-5-7-13(10-11)12(2)15(3)9-8-14-18(4,16)17/h5-7,10,12,14H,8-9H2,1-4H3/t12-/m0/s1. The highest BCUT2D eigenvalue weighted by Crippen LogP contribution is 2.18. The van der Waals surface area contributed by atoms with Gasteiger partial charge in [0, 0.05) is 19.1 Å². The van der Waals surface area contributed by atoms with E-state index in [1.807, 2.05) is 13.1 Å². The molecule has 0 saturated carbocycles. The van der Waals surface area contributed by atoms with E-state index < -0.39 is 10.0 Å². The highest BCUT2D eigenvalue weighted by molar-refractivity contribution is 7.88. The van der Waals surface area contributed by atoms with E-state index in [9.17, 15) is 8.42 Å². The number of likely N-dealkylation sites (N-methyl/N-ethyl adjacent to an activating group) is 1. The molecule has 0 aliphatic rings. The van der Waals surface area contributed by atoms with Crippen LogP contribution >= 0.6 is 0 Å². The summed E-state index contributed by atoms with van der Waals surface area (Å²) in [6, 6.07) is 8.64. The molecule has 0 saturated heterocycles. The number of benzene rings is 1. The van der Waals surface area contributed by atoms with Crippen LogP contribution in [0.1, 0.15) is 24.1 Å². The van der Waals surface area contributed by atoms with Crippen LogP contribution in [-0.2, 0) is 10.0 Å². The van der Waals surface area contributed by atoms with Gasteiger partial charge in [0.15, 0.2) is 0 Å². The van der Waals surface area contributed by atoms with Gasteiger partial charge in [-0.05, 0) is 26.5 Å². The lowest BCUT2D eigenvalue weighted by Gasteiger charge is -2.25. The molecule has 1 rings (SSSR count). The van der Waals surface area contributed by atoms with Crippen molar-refractivity contribution in [3.63, 3.8) is 0 Å². The number of aryl methyl sites for hydroxylation is 1. The second kappa shape index (κ2) is 6.31. The first-order valence-electron chi connectivity index (χ1n) is 6.01. The van der Waals surface area contributed by atoms with Gasteiger partial charge in [-0.2, -0.15) is 0 Å². The van der Waals surface area contributed by atoms with Crippen molar-refractivity contribution in [3.05, 3.63) is 35.4 Å². The van der Waals surface area contributed by atoms with E-state index in [1.54, 1.807) is 0 Å².